The highest BCUT2D eigenvalue weighted by molar-refractivity contribution is 7.80. The standard InChI is InChI=1S/C10H8N4O3S/c11-4-3-9(15)13-8-2-1-6(14(16)17)5-7(8)10(12)18/h1-2,5H,3H2,(H2,12,18)(H,13,15). The summed E-state index contributed by atoms with van der Waals surface area (Å²) >= 11 is 4.75. The number of hydrogen-bond acceptors (Lipinski definition) is 5. The van der Waals surface area contributed by atoms with Crippen LogP contribution in [0, 0.1) is 21.4 Å². The Hall–Kier alpha value is -2.53. The zero-order chi connectivity index (χ0) is 13.7. The van der Waals surface area contributed by atoms with Gasteiger partial charge in [-0.15, -0.1) is 0 Å². The van der Waals surface area contributed by atoms with Gasteiger partial charge in [-0.2, -0.15) is 5.26 Å². The Balaban J connectivity index is 3.12. The zero-order valence-electron chi connectivity index (χ0n) is 9.04. The molecule has 1 aromatic rings. The van der Waals surface area contributed by atoms with Crippen molar-refractivity contribution >= 4 is 34.5 Å². The number of non-ortho nitro benzene ring substituents is 1. The maximum atomic E-state index is 11.3. The number of carbonyl (C=O) groups is 1. The van der Waals surface area contributed by atoms with Crippen LogP contribution in [0.15, 0.2) is 18.2 Å². The molecule has 1 aromatic carbocycles. The predicted octanol–water partition coefficient (Wildman–Crippen LogP) is 1.08. The zero-order valence-corrected chi connectivity index (χ0v) is 9.86. The lowest BCUT2D eigenvalue weighted by Crippen LogP contribution is -2.17. The molecular weight excluding hydrogens is 256 g/mol. The van der Waals surface area contributed by atoms with Gasteiger partial charge in [0.25, 0.3) is 5.69 Å². The van der Waals surface area contributed by atoms with E-state index in [0.717, 1.165) is 0 Å². The number of nitrogens with zero attached hydrogens (tertiary/aromatic N) is 2. The molecule has 0 saturated carbocycles. The number of nitro benzene ring substituents is 1. The third-order valence-corrected chi connectivity index (χ3v) is 2.21. The third kappa shape index (κ3) is 3.23. The lowest BCUT2D eigenvalue weighted by Gasteiger charge is -2.08. The number of nitrogens with one attached hydrogen (secondary N) is 1. The fraction of sp³-hybridized carbons (Fsp3) is 0.100. The van der Waals surface area contributed by atoms with E-state index in [0.29, 0.717) is 0 Å². The van der Waals surface area contributed by atoms with E-state index in [1.807, 2.05) is 0 Å². The van der Waals surface area contributed by atoms with Gasteiger partial charge in [0.15, 0.2) is 0 Å². The number of hydrogen-bond donors (Lipinski definition) is 2. The normalized spacial score (nSPS) is 9.28. The number of anilines is 1. The molecule has 0 spiro atoms. The summed E-state index contributed by atoms with van der Waals surface area (Å²) < 4.78 is 0. The first-order valence-electron chi connectivity index (χ1n) is 4.70. The van der Waals surface area contributed by atoms with Gasteiger partial charge in [-0.05, 0) is 6.07 Å². The lowest BCUT2D eigenvalue weighted by atomic mass is 10.1. The van der Waals surface area contributed by atoms with Crippen LogP contribution in [-0.4, -0.2) is 15.8 Å². The Bertz CT molecular complexity index is 565. The molecule has 0 aliphatic rings. The van der Waals surface area contributed by atoms with Crippen molar-refractivity contribution in [2.24, 2.45) is 5.73 Å². The maximum Gasteiger partial charge on any atom is 0.270 e. The summed E-state index contributed by atoms with van der Waals surface area (Å²) in [7, 11) is 0. The Morgan fingerprint density at radius 1 is 1.61 bits per heavy atom. The Morgan fingerprint density at radius 3 is 2.78 bits per heavy atom. The van der Waals surface area contributed by atoms with Gasteiger partial charge < -0.3 is 11.1 Å². The van der Waals surface area contributed by atoms with E-state index in [2.05, 4.69) is 5.32 Å². The Kier molecular flexibility index (Phi) is 4.28. The number of amides is 1. The number of carbonyl (C=O) groups excluding carboxylic acids is 1. The smallest absolute Gasteiger partial charge is 0.270 e. The monoisotopic (exact) mass is 264 g/mol. The van der Waals surface area contributed by atoms with E-state index in [9.17, 15) is 14.9 Å². The van der Waals surface area contributed by atoms with Crippen LogP contribution in [0.5, 0.6) is 0 Å². The van der Waals surface area contributed by atoms with Gasteiger partial charge >= 0.3 is 0 Å². The van der Waals surface area contributed by atoms with E-state index < -0.39 is 10.8 Å². The molecule has 0 unspecified atom stereocenters. The van der Waals surface area contributed by atoms with E-state index in [4.69, 9.17) is 23.2 Å². The predicted molar refractivity (Wildman–Crippen MR) is 67.8 cm³/mol. The van der Waals surface area contributed by atoms with Crippen LogP contribution in [0.2, 0.25) is 0 Å². The minimum absolute atomic E-state index is 0.0778. The molecule has 0 fully saturated rings. The van der Waals surface area contributed by atoms with E-state index in [1.54, 1.807) is 6.07 Å². The molecule has 0 heterocycles. The molecule has 18 heavy (non-hydrogen) atoms. The van der Waals surface area contributed by atoms with Crippen molar-refractivity contribution in [3.05, 3.63) is 33.9 Å². The van der Waals surface area contributed by atoms with Crippen molar-refractivity contribution in [2.45, 2.75) is 6.42 Å². The van der Waals surface area contributed by atoms with Crippen LogP contribution in [0.4, 0.5) is 11.4 Å². The summed E-state index contributed by atoms with van der Waals surface area (Å²) in [6, 6.07) is 5.39. The van der Waals surface area contributed by atoms with Gasteiger partial charge in [0.1, 0.15) is 11.4 Å². The summed E-state index contributed by atoms with van der Waals surface area (Å²) in [4.78, 5) is 21.2. The van der Waals surface area contributed by atoms with E-state index in [-0.39, 0.29) is 28.3 Å². The average molecular weight is 264 g/mol. The molecule has 1 amide bonds. The van der Waals surface area contributed by atoms with Crippen molar-refractivity contribution < 1.29 is 9.72 Å². The van der Waals surface area contributed by atoms with Gasteiger partial charge in [-0.3, -0.25) is 14.9 Å². The minimum Gasteiger partial charge on any atom is -0.389 e. The summed E-state index contributed by atoms with van der Waals surface area (Å²) in [6.07, 6.45) is -0.326. The van der Waals surface area contributed by atoms with Gasteiger partial charge in [0.05, 0.1) is 16.7 Å². The van der Waals surface area contributed by atoms with Crippen molar-refractivity contribution in [2.75, 3.05) is 5.32 Å². The van der Waals surface area contributed by atoms with Crippen molar-refractivity contribution in [3.8, 4) is 6.07 Å². The number of rotatable bonds is 4. The summed E-state index contributed by atoms with van der Waals surface area (Å²) in [5.74, 6) is -0.538. The summed E-state index contributed by atoms with van der Waals surface area (Å²) in [5.41, 5.74) is 5.67. The van der Waals surface area contributed by atoms with Crippen LogP contribution in [-0.2, 0) is 4.79 Å². The van der Waals surface area contributed by atoms with Crippen LogP contribution in [0.3, 0.4) is 0 Å². The summed E-state index contributed by atoms with van der Waals surface area (Å²) in [5, 5.41) is 21.4. The molecule has 0 aromatic heterocycles. The molecule has 0 aliphatic heterocycles. The molecule has 0 saturated heterocycles. The second kappa shape index (κ2) is 5.70. The fourth-order valence-corrected chi connectivity index (χ4v) is 1.39. The van der Waals surface area contributed by atoms with E-state index in [1.165, 1.54) is 18.2 Å². The number of nitrogens with two attached hydrogens (primary N) is 1. The average Bonchev–Trinajstić information content (AvgIpc) is 2.29. The maximum absolute atomic E-state index is 11.3. The van der Waals surface area contributed by atoms with Crippen molar-refractivity contribution in [3.63, 3.8) is 0 Å². The van der Waals surface area contributed by atoms with Gasteiger partial charge in [0.2, 0.25) is 5.91 Å². The Morgan fingerprint density at radius 2 is 2.28 bits per heavy atom. The largest absolute Gasteiger partial charge is 0.389 e. The van der Waals surface area contributed by atoms with Gasteiger partial charge in [-0.1, -0.05) is 12.2 Å². The van der Waals surface area contributed by atoms with Crippen LogP contribution in [0.1, 0.15) is 12.0 Å². The SMILES string of the molecule is N#CCC(=O)Nc1ccc([N+](=O)[O-])cc1C(N)=S. The molecule has 7 nitrogen and oxygen atoms in total. The molecule has 0 aliphatic carbocycles. The summed E-state index contributed by atoms with van der Waals surface area (Å²) in [6.45, 7) is 0. The fourth-order valence-electron chi connectivity index (χ4n) is 1.22. The molecule has 0 bridgehead atoms. The third-order valence-electron chi connectivity index (χ3n) is 1.99. The first kappa shape index (κ1) is 13.5. The number of thiocarbonyl (C=S) groups is 1. The highest BCUT2D eigenvalue weighted by Crippen LogP contribution is 2.22. The molecular formula is C10H8N4O3S. The Labute approximate surface area is 107 Å². The molecule has 0 radical (unpaired) electrons. The number of nitriles is 1. The molecule has 8 heteroatoms. The van der Waals surface area contributed by atoms with E-state index >= 15 is 0 Å². The first-order valence-corrected chi connectivity index (χ1v) is 5.11. The van der Waals surface area contributed by atoms with Gasteiger partial charge in [-0.25, -0.2) is 0 Å². The topological polar surface area (TPSA) is 122 Å². The number of benzene rings is 1. The second-order valence-electron chi connectivity index (χ2n) is 3.23. The highest BCUT2D eigenvalue weighted by atomic mass is 32.1. The molecule has 1 rings (SSSR count). The quantitative estimate of drug-likeness (QED) is 0.476. The molecule has 92 valence electrons. The van der Waals surface area contributed by atoms with Gasteiger partial charge in [0, 0.05) is 17.7 Å². The second-order valence-corrected chi connectivity index (χ2v) is 3.67. The van der Waals surface area contributed by atoms with Crippen LogP contribution < -0.4 is 11.1 Å². The first-order chi connectivity index (χ1) is 8.45. The lowest BCUT2D eigenvalue weighted by molar-refractivity contribution is -0.384. The van der Waals surface area contributed by atoms with Crippen molar-refractivity contribution in [1.82, 2.24) is 0 Å². The van der Waals surface area contributed by atoms with Crippen LogP contribution >= 0.6 is 12.2 Å². The van der Waals surface area contributed by atoms with Crippen molar-refractivity contribution in [1.29, 1.82) is 5.26 Å². The van der Waals surface area contributed by atoms with Crippen LogP contribution in [0.25, 0.3) is 0 Å². The number of nitro groups is 1. The molecule has 3 N–H and O–H groups in total. The minimum atomic E-state index is -0.595. The highest BCUT2D eigenvalue weighted by Gasteiger charge is 2.14. The molecule has 0 atom stereocenters.